The predicted molar refractivity (Wildman–Crippen MR) is 76.5 cm³/mol. The highest BCUT2D eigenvalue weighted by atomic mass is 14.7. The van der Waals surface area contributed by atoms with E-state index in [-0.39, 0.29) is 0 Å². The van der Waals surface area contributed by atoms with Gasteiger partial charge in [0.05, 0.1) is 0 Å². The molecule has 90 valence electrons. The first kappa shape index (κ1) is 17.0. The zero-order valence-corrected chi connectivity index (χ0v) is 11.5. The highest BCUT2D eigenvalue weighted by Crippen LogP contribution is 2.12. The molecule has 0 fully saturated rings. The van der Waals surface area contributed by atoms with Gasteiger partial charge in [0, 0.05) is 11.9 Å². The normalized spacial score (nSPS) is 8.62. The van der Waals surface area contributed by atoms with E-state index in [0.717, 1.165) is 16.8 Å². The molecule has 1 heteroatoms. The number of aromatic nitrogens is 1. The van der Waals surface area contributed by atoms with Gasteiger partial charge >= 0.3 is 0 Å². The van der Waals surface area contributed by atoms with E-state index in [9.17, 15) is 0 Å². The number of hydrogen-bond acceptors (Lipinski definition) is 1. The van der Waals surface area contributed by atoms with Crippen molar-refractivity contribution in [3.8, 4) is 0 Å². The lowest BCUT2D eigenvalue weighted by Crippen LogP contribution is -1.86. The van der Waals surface area contributed by atoms with Crippen LogP contribution in [-0.2, 0) is 0 Å². The molecule has 0 unspecified atom stereocenters. The second kappa shape index (κ2) is 11.7. The fourth-order valence-electron chi connectivity index (χ4n) is 1.09. The Morgan fingerprint density at radius 1 is 1.12 bits per heavy atom. The maximum absolute atomic E-state index is 4.21. The van der Waals surface area contributed by atoms with Crippen LogP contribution in [0.25, 0.3) is 12.2 Å². The van der Waals surface area contributed by atoms with Gasteiger partial charge in [-0.25, -0.2) is 0 Å². The summed E-state index contributed by atoms with van der Waals surface area (Å²) in [5.74, 6) is 0. The van der Waals surface area contributed by atoms with E-state index in [4.69, 9.17) is 0 Å². The molecular weight excluding hydrogens is 194 g/mol. The highest BCUT2D eigenvalue weighted by Gasteiger charge is 1.95. The Balaban J connectivity index is 0. The molecule has 0 atom stereocenters. The van der Waals surface area contributed by atoms with E-state index in [1.54, 1.807) is 0 Å². The van der Waals surface area contributed by atoms with Gasteiger partial charge in [-0.15, -0.1) is 0 Å². The smallest absolute Gasteiger partial charge is 0.0379 e. The minimum atomic E-state index is 1.03. The summed E-state index contributed by atoms with van der Waals surface area (Å²) in [5.41, 5.74) is 3.29. The maximum Gasteiger partial charge on any atom is 0.0379 e. The van der Waals surface area contributed by atoms with Crippen LogP contribution < -0.4 is 0 Å². The van der Waals surface area contributed by atoms with Crippen molar-refractivity contribution in [3.05, 3.63) is 41.7 Å². The Hall–Kier alpha value is -1.37. The largest absolute Gasteiger partial charge is 0.261 e. The molecule has 0 radical (unpaired) electrons. The van der Waals surface area contributed by atoms with Gasteiger partial charge in [0.25, 0.3) is 0 Å². The van der Waals surface area contributed by atoms with Crippen LogP contribution in [0.5, 0.6) is 0 Å². The number of pyridine rings is 1. The summed E-state index contributed by atoms with van der Waals surface area (Å²) >= 11 is 0. The van der Waals surface area contributed by atoms with Crippen molar-refractivity contribution in [1.29, 1.82) is 0 Å². The summed E-state index contributed by atoms with van der Waals surface area (Å²) in [5, 5.41) is 0. The van der Waals surface area contributed by atoms with E-state index < -0.39 is 0 Å². The van der Waals surface area contributed by atoms with Gasteiger partial charge in [0.1, 0.15) is 0 Å². The molecular formula is C15H25N. The third-order valence-corrected chi connectivity index (χ3v) is 1.67. The Morgan fingerprint density at radius 3 is 2.12 bits per heavy atom. The molecule has 0 saturated heterocycles. The molecule has 1 aromatic rings. The van der Waals surface area contributed by atoms with Crippen molar-refractivity contribution in [2.75, 3.05) is 0 Å². The minimum Gasteiger partial charge on any atom is -0.261 e. The fraction of sp³-hybridized carbons (Fsp3) is 0.400. The SMILES string of the molecule is C=Cc1cc(C)ncc1/C=C\C.CC.CC. The van der Waals surface area contributed by atoms with Crippen LogP contribution in [0.3, 0.4) is 0 Å². The van der Waals surface area contributed by atoms with Crippen molar-refractivity contribution >= 4 is 12.2 Å². The molecule has 0 amide bonds. The number of hydrogen-bond donors (Lipinski definition) is 0. The Kier molecular flexibility index (Phi) is 12.5. The van der Waals surface area contributed by atoms with Crippen LogP contribution >= 0.6 is 0 Å². The minimum absolute atomic E-state index is 1.03. The molecule has 0 aliphatic carbocycles. The third-order valence-electron chi connectivity index (χ3n) is 1.67. The molecule has 0 N–H and O–H groups in total. The van der Waals surface area contributed by atoms with Gasteiger partial charge in [0.2, 0.25) is 0 Å². The molecule has 0 aliphatic heterocycles. The molecule has 0 aliphatic rings. The molecule has 0 bridgehead atoms. The summed E-state index contributed by atoms with van der Waals surface area (Å²) in [6.45, 7) is 15.7. The summed E-state index contributed by atoms with van der Waals surface area (Å²) in [7, 11) is 0. The van der Waals surface area contributed by atoms with Gasteiger partial charge in [-0.2, -0.15) is 0 Å². The first-order chi connectivity index (χ1) is 7.77. The van der Waals surface area contributed by atoms with Gasteiger partial charge < -0.3 is 0 Å². The quantitative estimate of drug-likeness (QED) is 0.673. The van der Waals surface area contributed by atoms with E-state index in [2.05, 4.69) is 11.6 Å². The molecule has 0 saturated carbocycles. The summed E-state index contributed by atoms with van der Waals surface area (Å²) in [4.78, 5) is 4.21. The van der Waals surface area contributed by atoms with Crippen molar-refractivity contribution in [2.45, 2.75) is 41.5 Å². The van der Waals surface area contributed by atoms with E-state index in [0.29, 0.717) is 0 Å². The van der Waals surface area contributed by atoms with Crippen LogP contribution in [-0.4, -0.2) is 4.98 Å². The number of aryl methyl sites for hydroxylation is 1. The zero-order valence-electron chi connectivity index (χ0n) is 11.5. The van der Waals surface area contributed by atoms with Gasteiger partial charge in [-0.05, 0) is 31.0 Å². The highest BCUT2D eigenvalue weighted by molar-refractivity contribution is 5.63. The topological polar surface area (TPSA) is 12.9 Å². The monoisotopic (exact) mass is 219 g/mol. The number of allylic oxidation sites excluding steroid dienone is 1. The van der Waals surface area contributed by atoms with Crippen LogP contribution in [0.2, 0.25) is 0 Å². The van der Waals surface area contributed by atoms with Crippen LogP contribution in [0, 0.1) is 6.92 Å². The molecule has 0 aromatic carbocycles. The van der Waals surface area contributed by atoms with Gasteiger partial charge in [0.15, 0.2) is 0 Å². The lowest BCUT2D eigenvalue weighted by molar-refractivity contribution is 1.19. The van der Waals surface area contributed by atoms with E-state index >= 15 is 0 Å². The fourth-order valence-corrected chi connectivity index (χ4v) is 1.09. The second-order valence-corrected chi connectivity index (χ2v) is 2.66. The average Bonchev–Trinajstić information content (AvgIpc) is 2.36. The first-order valence-corrected chi connectivity index (χ1v) is 5.99. The van der Waals surface area contributed by atoms with Crippen LogP contribution in [0.15, 0.2) is 24.9 Å². The summed E-state index contributed by atoms with van der Waals surface area (Å²) in [6.07, 6.45) is 7.75. The molecule has 1 rings (SSSR count). The van der Waals surface area contributed by atoms with Crippen molar-refractivity contribution in [2.24, 2.45) is 0 Å². The van der Waals surface area contributed by atoms with Gasteiger partial charge in [-0.1, -0.05) is 52.5 Å². The molecule has 1 nitrogen and oxygen atoms in total. The Labute approximate surface area is 101 Å². The first-order valence-electron chi connectivity index (χ1n) is 5.99. The predicted octanol–water partition coefficient (Wildman–Crippen LogP) is 5.12. The van der Waals surface area contributed by atoms with Crippen molar-refractivity contribution in [1.82, 2.24) is 4.98 Å². The van der Waals surface area contributed by atoms with Crippen molar-refractivity contribution in [3.63, 3.8) is 0 Å². The lowest BCUT2D eigenvalue weighted by atomic mass is 10.1. The molecule has 1 heterocycles. The van der Waals surface area contributed by atoms with Crippen molar-refractivity contribution < 1.29 is 0 Å². The maximum atomic E-state index is 4.21. The number of rotatable bonds is 2. The van der Waals surface area contributed by atoms with Gasteiger partial charge in [-0.3, -0.25) is 4.98 Å². The average molecular weight is 219 g/mol. The van der Waals surface area contributed by atoms with Crippen LogP contribution in [0.4, 0.5) is 0 Å². The second-order valence-electron chi connectivity index (χ2n) is 2.66. The molecule has 0 spiro atoms. The summed E-state index contributed by atoms with van der Waals surface area (Å²) < 4.78 is 0. The summed E-state index contributed by atoms with van der Waals surface area (Å²) in [6, 6.07) is 2.03. The van der Waals surface area contributed by atoms with E-state index in [1.807, 2.05) is 72.0 Å². The Morgan fingerprint density at radius 2 is 1.69 bits per heavy atom. The zero-order chi connectivity index (χ0) is 13.0. The Bertz CT molecular complexity index is 311. The number of nitrogens with zero attached hydrogens (tertiary/aromatic N) is 1. The van der Waals surface area contributed by atoms with E-state index in [1.165, 1.54) is 0 Å². The standard InChI is InChI=1S/C11H13N.2C2H6/c1-4-6-11-8-12-9(3)7-10(11)5-2;2*1-2/h4-8H,2H2,1,3H3;2*1-2H3/b6-4-;;. The van der Waals surface area contributed by atoms with Crippen LogP contribution in [0.1, 0.15) is 51.4 Å². The molecule has 1 aromatic heterocycles. The third kappa shape index (κ3) is 6.18. The lowest BCUT2D eigenvalue weighted by Gasteiger charge is -2.00. The molecule has 16 heavy (non-hydrogen) atoms.